The summed E-state index contributed by atoms with van der Waals surface area (Å²) < 4.78 is 2.58. The van der Waals surface area contributed by atoms with E-state index in [1.54, 1.807) is 5.56 Å². The molecule has 6 saturated heterocycles. The summed E-state index contributed by atoms with van der Waals surface area (Å²) in [6.07, 6.45) is 12.8. The van der Waals surface area contributed by atoms with Crippen LogP contribution in [0.1, 0.15) is 83.1 Å². The number of piperidine rings is 2. The van der Waals surface area contributed by atoms with Gasteiger partial charge in [-0.25, -0.2) is 0 Å². The van der Waals surface area contributed by atoms with Crippen LogP contribution in [0.5, 0.6) is 0 Å². The van der Waals surface area contributed by atoms with Gasteiger partial charge in [-0.1, -0.05) is 106 Å². The molecule has 8 heteroatoms. The predicted octanol–water partition coefficient (Wildman–Crippen LogP) is 9.82. The maximum absolute atomic E-state index is 4.27. The lowest BCUT2D eigenvalue weighted by Gasteiger charge is -2.66. The Morgan fingerprint density at radius 1 is 0.618 bits per heavy atom. The van der Waals surface area contributed by atoms with Gasteiger partial charge in [-0.05, 0) is 169 Å². The lowest BCUT2D eigenvalue weighted by molar-refractivity contribution is -0.0259. The number of nitrogens with zero attached hydrogens (tertiary/aromatic N) is 4. The van der Waals surface area contributed by atoms with Crippen molar-refractivity contribution in [1.82, 2.24) is 24.9 Å². The number of rotatable bonds is 2. The molecule has 0 radical (unpaired) electrons. The smallest absolute Gasteiger partial charge is 0.333 e. The van der Waals surface area contributed by atoms with Gasteiger partial charge in [0.2, 0.25) is 6.85 Å². The minimum Gasteiger partial charge on any atom is -0.376 e. The average molecular weight is 893 g/mol. The minimum absolute atomic E-state index is 0.0868. The first kappa shape index (κ1) is 39.4. The van der Waals surface area contributed by atoms with Crippen LogP contribution in [0.3, 0.4) is 0 Å². The molecule has 3 saturated carbocycles. The molecule has 8 aliphatic heterocycles. The van der Waals surface area contributed by atoms with Crippen molar-refractivity contribution in [2.24, 2.45) is 41.4 Å². The molecule has 9 heterocycles. The number of nitrogens with one attached hydrogen (secondary N) is 2. The van der Waals surface area contributed by atoms with E-state index in [1.807, 2.05) is 0 Å². The van der Waals surface area contributed by atoms with Crippen molar-refractivity contribution in [1.29, 1.82) is 0 Å². The number of para-hydroxylation sites is 3. The van der Waals surface area contributed by atoms with Crippen molar-refractivity contribution in [3.63, 3.8) is 0 Å². The van der Waals surface area contributed by atoms with Gasteiger partial charge in [0, 0.05) is 76.2 Å². The molecule has 1 aromatic heterocycles. The predicted molar refractivity (Wildman–Crippen MR) is 280 cm³/mol. The Bertz CT molecular complexity index is 3060. The maximum atomic E-state index is 4.27. The van der Waals surface area contributed by atoms with E-state index in [2.05, 4.69) is 153 Å². The lowest BCUT2D eigenvalue weighted by Crippen LogP contribution is -2.77. The van der Waals surface area contributed by atoms with E-state index in [-0.39, 0.29) is 6.85 Å². The molecule has 11 aliphatic rings. The molecule has 16 atom stereocenters. The zero-order valence-corrected chi connectivity index (χ0v) is 40.1. The summed E-state index contributed by atoms with van der Waals surface area (Å²) in [5, 5.41) is 11.2. The van der Waals surface area contributed by atoms with E-state index in [1.165, 1.54) is 138 Å². The van der Waals surface area contributed by atoms with E-state index >= 15 is 0 Å². The minimum atomic E-state index is 0.0868. The number of benzene rings is 5. The summed E-state index contributed by atoms with van der Waals surface area (Å²) in [5.74, 6) is 8.09. The van der Waals surface area contributed by atoms with Gasteiger partial charge in [-0.3, -0.25) is 4.90 Å². The Morgan fingerprint density at radius 3 is 2.34 bits per heavy atom. The van der Waals surface area contributed by atoms with Crippen LogP contribution in [0.25, 0.3) is 38.6 Å². The van der Waals surface area contributed by atoms with Crippen LogP contribution < -0.4 is 26.4 Å². The molecule has 5 aromatic carbocycles. The van der Waals surface area contributed by atoms with E-state index in [0.29, 0.717) is 18.0 Å². The summed E-state index contributed by atoms with van der Waals surface area (Å²) in [6.45, 7) is 9.82. The summed E-state index contributed by atoms with van der Waals surface area (Å²) in [4.78, 5) is 9.44. The Labute approximate surface area is 403 Å². The van der Waals surface area contributed by atoms with Gasteiger partial charge < -0.3 is 24.8 Å². The van der Waals surface area contributed by atoms with Gasteiger partial charge in [-0.2, -0.15) is 0 Å². The molecule has 68 heavy (non-hydrogen) atoms. The Morgan fingerprint density at radius 2 is 1.41 bits per heavy atom. The fourth-order valence-electron chi connectivity index (χ4n) is 20.5. The summed E-state index contributed by atoms with van der Waals surface area (Å²) >= 11 is 0. The number of fused-ring (bicyclic) bond motifs is 17. The molecule has 3 aliphatic carbocycles. The van der Waals surface area contributed by atoms with Crippen LogP contribution in [-0.4, -0.2) is 83.9 Å². The van der Waals surface area contributed by atoms with E-state index < -0.39 is 0 Å². The molecule has 6 aromatic rings. The first-order valence-corrected chi connectivity index (χ1v) is 27.7. The largest absolute Gasteiger partial charge is 0.376 e. The van der Waals surface area contributed by atoms with Crippen LogP contribution in [-0.2, 0) is 0 Å². The molecule has 6 nitrogen and oxygen atoms in total. The van der Waals surface area contributed by atoms with Gasteiger partial charge >= 0.3 is 6.85 Å². The molecule has 16 unspecified atom stereocenters. The first-order valence-electron chi connectivity index (χ1n) is 27.7. The zero-order chi connectivity index (χ0) is 44.3. The Hall–Kier alpha value is -4.33. The Kier molecular flexibility index (Phi) is 8.21. The quantitative estimate of drug-likeness (QED) is 0.170. The van der Waals surface area contributed by atoms with E-state index in [9.17, 15) is 0 Å². The van der Waals surface area contributed by atoms with Crippen molar-refractivity contribution < 1.29 is 0 Å². The number of hydrogen-bond acceptors (Lipinski definition) is 5. The topological polar surface area (TPSA) is 38.7 Å². The van der Waals surface area contributed by atoms with Crippen molar-refractivity contribution >= 4 is 57.8 Å². The molecule has 0 amide bonds. The molecule has 2 N–H and O–H groups in total. The number of aromatic nitrogens is 1. The van der Waals surface area contributed by atoms with Gasteiger partial charge in [-0.15, -0.1) is 0 Å². The summed E-state index contributed by atoms with van der Waals surface area (Å²) in [6, 6.07) is 47.2. The van der Waals surface area contributed by atoms with Crippen LogP contribution in [0.4, 0.5) is 11.4 Å². The highest BCUT2D eigenvalue weighted by Gasteiger charge is 2.72. The molecule has 0 spiro atoms. The molecule has 9 fully saturated rings. The number of anilines is 2. The lowest BCUT2D eigenvalue weighted by atomic mass is 9.29. The highest BCUT2D eigenvalue weighted by atomic mass is 15.3. The third-order valence-electron chi connectivity index (χ3n) is 22.1. The van der Waals surface area contributed by atoms with Crippen LogP contribution >= 0.6 is 0 Å². The van der Waals surface area contributed by atoms with Crippen LogP contribution in [0, 0.1) is 41.4 Å². The van der Waals surface area contributed by atoms with Crippen LogP contribution in [0.15, 0.2) is 109 Å². The van der Waals surface area contributed by atoms with Crippen LogP contribution in [0.2, 0.25) is 11.6 Å². The van der Waals surface area contributed by atoms with Crippen molar-refractivity contribution in [3.8, 4) is 16.8 Å². The van der Waals surface area contributed by atoms with Gasteiger partial charge in [0.15, 0.2) is 0 Å². The third-order valence-corrected chi connectivity index (χ3v) is 22.1. The SMILES string of the molecule is CC1CC(C)C2C(C1)C1NCCC3B4C5C(CNCC5N2C31)C1CC(c2ccc(N3B5c6c(cccc6-n6c7ccccc7c7cccc5c76)-c5ccccc53)cc2)CC2C3CCCCC3N4C12. The van der Waals surface area contributed by atoms with Gasteiger partial charge in [0.1, 0.15) is 0 Å². The maximum Gasteiger partial charge on any atom is 0.333 e. The highest BCUT2D eigenvalue weighted by molar-refractivity contribution is 6.93. The fraction of sp³-hybridized carbons (Fsp3) is 0.500. The Balaban J connectivity index is 0.762. The molecular weight excluding hydrogens is 826 g/mol. The van der Waals surface area contributed by atoms with Crippen molar-refractivity contribution in [2.45, 2.75) is 125 Å². The van der Waals surface area contributed by atoms with E-state index in [4.69, 9.17) is 0 Å². The third kappa shape index (κ3) is 4.93. The monoisotopic (exact) mass is 893 g/mol. The van der Waals surface area contributed by atoms with Crippen molar-refractivity contribution in [3.05, 3.63) is 115 Å². The zero-order valence-electron chi connectivity index (χ0n) is 40.1. The fourth-order valence-corrected chi connectivity index (χ4v) is 20.5. The molecule has 17 rings (SSSR count). The van der Waals surface area contributed by atoms with Crippen molar-refractivity contribution in [2.75, 3.05) is 24.4 Å². The average Bonchev–Trinajstić information content (AvgIpc) is 4.03. The second-order valence-corrected chi connectivity index (χ2v) is 24.7. The standard InChI is InChI=1S/C60H66B2N6/c1-33-27-34(2)57-45(28-33)56-60-48(25-26-64-56)62-55-46(31-63-32-53(55)66(57)60)44-30-36(29-43-40-13-5-8-19-51(40)68(62)58(43)44)35-21-23-37(24-22-35)67-50-18-7-4-11-38(50)41-14-10-20-52-54(41)61(67)47-16-9-15-42-39-12-3-6-17-49(39)65(52)59(42)47/h3-4,6-7,9-12,14-18,20-24,33-34,36,40,43-46,48,51,53,55-58,60,63-64H,5,8,13,19,25-32H2,1-2H3. The van der Waals surface area contributed by atoms with E-state index in [0.717, 1.165) is 84.1 Å². The second kappa shape index (κ2) is 14.2. The first-order chi connectivity index (χ1) is 33.6. The number of hydrogen-bond donors (Lipinski definition) is 2. The normalized spacial score (nSPS) is 39.2. The van der Waals surface area contributed by atoms with Gasteiger partial charge in [0.25, 0.3) is 0 Å². The second-order valence-electron chi connectivity index (χ2n) is 24.7. The molecule has 342 valence electrons. The molecular formula is C60H66B2N6. The molecule has 0 bridgehead atoms. The summed E-state index contributed by atoms with van der Waals surface area (Å²) in [5.41, 5.74) is 13.8. The highest BCUT2D eigenvalue weighted by Crippen LogP contribution is 2.67. The summed E-state index contributed by atoms with van der Waals surface area (Å²) in [7, 11) is 0. The van der Waals surface area contributed by atoms with Gasteiger partial charge in [0.05, 0.1) is 11.0 Å².